The first-order valence-electron chi connectivity index (χ1n) is 20.9. The van der Waals surface area contributed by atoms with Crippen LogP contribution in [0.25, 0.3) is 99.1 Å². The second-order valence-corrected chi connectivity index (χ2v) is 16.0. The van der Waals surface area contributed by atoms with Gasteiger partial charge in [-0.25, -0.2) is 0 Å². The Hall–Kier alpha value is -7.54. The minimum atomic E-state index is 1.01. The number of fused-ring (bicyclic) bond motifs is 10. The maximum Gasteiger partial charge on any atom is -0.00104 e. The molecule has 0 aliphatic heterocycles. The van der Waals surface area contributed by atoms with Crippen LogP contribution in [0.5, 0.6) is 0 Å². The predicted octanol–water partition coefficient (Wildman–Crippen LogP) is 16.3. The highest BCUT2D eigenvalue weighted by atomic mass is 14.3. The Bertz CT molecular complexity index is 3290. The SMILES string of the molecule is C=CC=C.c1cc(-c2ccc3c(c2)-c2ccc4c(c2C3)Cc2ccccc2-4)cc(-c2c3ccccc3c(-c3cccc(-c4cccc5ccccc45)c3)c3ccccc23)c1. The topological polar surface area (TPSA) is 0 Å². The summed E-state index contributed by atoms with van der Waals surface area (Å²) in [5, 5.41) is 7.62. The molecule has 0 bridgehead atoms. The third-order valence-corrected chi connectivity index (χ3v) is 12.7. The monoisotopic (exact) mass is 762 g/mol. The zero-order valence-electron chi connectivity index (χ0n) is 33.5. The lowest BCUT2D eigenvalue weighted by Gasteiger charge is -2.19. The molecule has 0 heterocycles. The average Bonchev–Trinajstić information content (AvgIpc) is 3.89. The van der Waals surface area contributed by atoms with Gasteiger partial charge in [-0.3, -0.25) is 0 Å². The third-order valence-electron chi connectivity index (χ3n) is 12.7. The van der Waals surface area contributed by atoms with E-state index >= 15 is 0 Å². The van der Waals surface area contributed by atoms with Crippen LogP contribution in [0.3, 0.4) is 0 Å². The molecule has 0 saturated carbocycles. The summed E-state index contributed by atoms with van der Waals surface area (Å²) in [6, 6.07) is 72.4. The summed E-state index contributed by atoms with van der Waals surface area (Å²) in [7, 11) is 0. The van der Waals surface area contributed by atoms with Crippen molar-refractivity contribution >= 4 is 32.3 Å². The van der Waals surface area contributed by atoms with Crippen LogP contribution < -0.4 is 0 Å². The molecule has 0 nitrogen and oxygen atoms in total. The van der Waals surface area contributed by atoms with Crippen molar-refractivity contribution in [2.24, 2.45) is 0 Å². The van der Waals surface area contributed by atoms with Crippen LogP contribution >= 0.6 is 0 Å². The van der Waals surface area contributed by atoms with Gasteiger partial charge >= 0.3 is 0 Å². The lowest BCUT2D eigenvalue weighted by molar-refractivity contribution is 1.16. The summed E-state index contributed by atoms with van der Waals surface area (Å²) in [6.45, 7) is 6.72. The second kappa shape index (κ2) is 14.7. The molecular formula is C60H42. The van der Waals surface area contributed by atoms with E-state index in [1.807, 2.05) is 0 Å². The minimum Gasteiger partial charge on any atom is -0.0991 e. The largest absolute Gasteiger partial charge is 0.0991 e. The Morgan fingerprint density at radius 2 is 0.750 bits per heavy atom. The molecule has 2 aliphatic rings. The fourth-order valence-electron chi connectivity index (χ4n) is 10.0. The Morgan fingerprint density at radius 1 is 0.300 bits per heavy atom. The van der Waals surface area contributed by atoms with E-state index in [9.17, 15) is 0 Å². The molecule has 0 spiro atoms. The Labute approximate surface area is 352 Å². The molecule has 0 saturated heterocycles. The van der Waals surface area contributed by atoms with Crippen LogP contribution in [0.15, 0.2) is 219 Å². The van der Waals surface area contributed by atoms with E-state index in [4.69, 9.17) is 0 Å². The lowest BCUT2D eigenvalue weighted by Crippen LogP contribution is -1.92. The molecule has 12 rings (SSSR count). The van der Waals surface area contributed by atoms with Crippen molar-refractivity contribution in [3.8, 4) is 66.8 Å². The van der Waals surface area contributed by atoms with Crippen LogP contribution in [0, 0.1) is 0 Å². The van der Waals surface area contributed by atoms with Crippen LogP contribution in [-0.2, 0) is 12.8 Å². The van der Waals surface area contributed by atoms with Crippen LogP contribution in [0.2, 0.25) is 0 Å². The number of hydrogen-bond acceptors (Lipinski definition) is 0. The molecule has 282 valence electrons. The van der Waals surface area contributed by atoms with Gasteiger partial charge in [-0.2, -0.15) is 0 Å². The minimum absolute atomic E-state index is 1.01. The fraction of sp³-hybridized carbons (Fsp3) is 0.0333. The van der Waals surface area contributed by atoms with Crippen molar-refractivity contribution in [2.75, 3.05) is 0 Å². The Balaban J connectivity index is 0.000000980. The molecule has 0 unspecified atom stereocenters. The molecule has 0 aromatic heterocycles. The number of allylic oxidation sites excluding steroid dienone is 2. The standard InChI is InChI=1S/C56H36.C4H6/c1-3-19-43-35(12-1)14-11-25-44(43)38-16-10-18-42(31-38)56-50-23-7-5-21-48(50)55(49-22-6-8-24-51(49)56)41-17-9-15-36(30-41)37-26-27-40-34-54-47(52(40)32-37)29-28-46-45-20-4-2-13-39(45)33-53(46)54;1-3-4-2/h1-32H,33-34H2;3-4H,1-2H2. The van der Waals surface area contributed by atoms with Gasteiger partial charge in [-0.05, 0) is 152 Å². The zero-order valence-corrected chi connectivity index (χ0v) is 33.5. The highest BCUT2D eigenvalue weighted by Crippen LogP contribution is 2.48. The zero-order chi connectivity index (χ0) is 40.2. The quantitative estimate of drug-likeness (QED) is 0.121. The van der Waals surface area contributed by atoms with Gasteiger partial charge in [0, 0.05) is 0 Å². The van der Waals surface area contributed by atoms with Gasteiger partial charge in [0.15, 0.2) is 0 Å². The predicted molar refractivity (Wildman–Crippen MR) is 258 cm³/mol. The van der Waals surface area contributed by atoms with Gasteiger partial charge in [0.2, 0.25) is 0 Å². The first-order chi connectivity index (χ1) is 29.7. The molecule has 0 radical (unpaired) electrons. The first kappa shape index (κ1) is 35.6. The number of hydrogen-bond donors (Lipinski definition) is 0. The van der Waals surface area contributed by atoms with Crippen LogP contribution in [-0.4, -0.2) is 0 Å². The van der Waals surface area contributed by atoms with Crippen molar-refractivity contribution < 1.29 is 0 Å². The Morgan fingerprint density at radius 3 is 1.40 bits per heavy atom. The van der Waals surface area contributed by atoms with Gasteiger partial charge in [0.05, 0.1) is 0 Å². The lowest BCUT2D eigenvalue weighted by atomic mass is 9.84. The third kappa shape index (κ3) is 5.83. The van der Waals surface area contributed by atoms with Crippen molar-refractivity contribution in [1.29, 1.82) is 0 Å². The number of benzene rings is 10. The summed E-state index contributed by atoms with van der Waals surface area (Å²) in [4.78, 5) is 0. The van der Waals surface area contributed by atoms with Crippen molar-refractivity contribution in [1.82, 2.24) is 0 Å². The normalized spacial score (nSPS) is 12.0. The average molecular weight is 763 g/mol. The van der Waals surface area contributed by atoms with Crippen LogP contribution in [0.4, 0.5) is 0 Å². The molecule has 10 aromatic rings. The fourth-order valence-corrected chi connectivity index (χ4v) is 10.0. The van der Waals surface area contributed by atoms with Gasteiger partial charge in [0.1, 0.15) is 0 Å². The van der Waals surface area contributed by atoms with E-state index in [1.54, 1.807) is 12.2 Å². The van der Waals surface area contributed by atoms with Gasteiger partial charge in [-0.15, -0.1) is 0 Å². The van der Waals surface area contributed by atoms with E-state index < -0.39 is 0 Å². The highest BCUT2D eigenvalue weighted by Gasteiger charge is 2.28. The summed E-state index contributed by atoms with van der Waals surface area (Å²) in [5.41, 5.74) is 21.6. The van der Waals surface area contributed by atoms with Crippen molar-refractivity contribution in [3.05, 3.63) is 242 Å². The maximum absolute atomic E-state index is 3.36. The summed E-state index contributed by atoms with van der Waals surface area (Å²) in [5.74, 6) is 0. The summed E-state index contributed by atoms with van der Waals surface area (Å²) < 4.78 is 0. The smallest absolute Gasteiger partial charge is 0.00104 e. The molecule has 0 atom stereocenters. The highest BCUT2D eigenvalue weighted by molar-refractivity contribution is 6.21. The molecule has 60 heavy (non-hydrogen) atoms. The van der Waals surface area contributed by atoms with E-state index in [0.717, 1.165) is 12.8 Å². The molecule has 0 N–H and O–H groups in total. The van der Waals surface area contributed by atoms with Crippen molar-refractivity contribution in [2.45, 2.75) is 12.8 Å². The molecule has 0 heteroatoms. The van der Waals surface area contributed by atoms with Crippen molar-refractivity contribution in [3.63, 3.8) is 0 Å². The molecule has 0 fully saturated rings. The van der Waals surface area contributed by atoms with Gasteiger partial charge in [-0.1, -0.05) is 201 Å². The van der Waals surface area contributed by atoms with E-state index in [2.05, 4.69) is 207 Å². The Kier molecular flexibility index (Phi) is 8.72. The van der Waals surface area contributed by atoms with Gasteiger partial charge < -0.3 is 0 Å². The van der Waals surface area contributed by atoms with E-state index in [-0.39, 0.29) is 0 Å². The van der Waals surface area contributed by atoms with E-state index in [0.29, 0.717) is 0 Å². The molecular weight excluding hydrogens is 721 g/mol. The van der Waals surface area contributed by atoms with Gasteiger partial charge in [0.25, 0.3) is 0 Å². The summed E-state index contributed by atoms with van der Waals surface area (Å²) in [6.07, 6.45) is 5.32. The van der Waals surface area contributed by atoms with E-state index in [1.165, 1.54) is 121 Å². The molecule has 2 aliphatic carbocycles. The maximum atomic E-state index is 3.36. The molecule has 10 aromatic carbocycles. The number of rotatable bonds is 5. The van der Waals surface area contributed by atoms with Crippen LogP contribution in [0.1, 0.15) is 22.3 Å². The summed E-state index contributed by atoms with van der Waals surface area (Å²) >= 11 is 0. The second-order valence-electron chi connectivity index (χ2n) is 16.0. The molecule has 0 amide bonds. The first-order valence-corrected chi connectivity index (χ1v) is 20.9.